The van der Waals surface area contributed by atoms with Crippen molar-refractivity contribution in [2.75, 3.05) is 32.1 Å². The van der Waals surface area contributed by atoms with Crippen molar-refractivity contribution in [1.29, 1.82) is 0 Å². The van der Waals surface area contributed by atoms with Crippen LogP contribution in [0.25, 0.3) is 0 Å². The number of aromatic nitrogens is 1. The largest absolute Gasteiger partial charge is 0.493 e. The van der Waals surface area contributed by atoms with Crippen LogP contribution in [0.1, 0.15) is 93.6 Å². The molecule has 4 atom stereocenters. The maximum atomic E-state index is 12.7. The number of carbonyl (C=O) groups is 1. The van der Waals surface area contributed by atoms with Gasteiger partial charge in [0, 0.05) is 30.5 Å². The quantitative estimate of drug-likeness (QED) is 0.362. The van der Waals surface area contributed by atoms with Gasteiger partial charge in [-0.05, 0) is 93.0 Å². The molecule has 5 rings (SSSR count). The molecular formula is C32H45N3O4. The number of nitrogens with one attached hydrogen (secondary N) is 1. The molecule has 0 saturated heterocycles. The lowest BCUT2D eigenvalue weighted by Gasteiger charge is -2.34. The summed E-state index contributed by atoms with van der Waals surface area (Å²) < 4.78 is 12.4. The number of unbranched alkanes of at least 4 members (excludes halogenated alkanes) is 1. The van der Waals surface area contributed by atoms with Crippen LogP contribution in [-0.4, -0.2) is 59.9 Å². The van der Waals surface area contributed by atoms with E-state index in [2.05, 4.69) is 43.1 Å². The monoisotopic (exact) mass is 535 g/mol. The van der Waals surface area contributed by atoms with E-state index in [1.54, 1.807) is 0 Å². The third kappa shape index (κ3) is 6.09. The first-order valence-corrected chi connectivity index (χ1v) is 14.8. The highest BCUT2D eigenvalue weighted by Gasteiger charge is 2.45. The van der Waals surface area contributed by atoms with Gasteiger partial charge < -0.3 is 19.9 Å². The van der Waals surface area contributed by atoms with Crippen molar-refractivity contribution < 1.29 is 19.4 Å². The molecule has 2 N–H and O–H groups in total. The minimum Gasteiger partial charge on any atom is -0.493 e. The Hall–Kier alpha value is -2.64. The third-order valence-electron chi connectivity index (χ3n) is 9.13. The topological polar surface area (TPSA) is 83.9 Å². The zero-order valence-electron chi connectivity index (χ0n) is 24.0. The van der Waals surface area contributed by atoms with Gasteiger partial charge >= 0.3 is 5.97 Å². The summed E-state index contributed by atoms with van der Waals surface area (Å²) in [5.41, 5.74) is 4.38. The highest BCUT2D eigenvalue weighted by atomic mass is 16.5. The molecule has 1 aromatic heterocycles. The van der Waals surface area contributed by atoms with Crippen molar-refractivity contribution in [2.45, 2.75) is 96.2 Å². The molecule has 7 nitrogen and oxygen atoms in total. The van der Waals surface area contributed by atoms with E-state index < -0.39 is 12.0 Å². The Balaban J connectivity index is 1.17. The summed E-state index contributed by atoms with van der Waals surface area (Å²) in [4.78, 5) is 19.5. The molecule has 7 heteroatoms. The maximum Gasteiger partial charge on any atom is 0.325 e. The van der Waals surface area contributed by atoms with Gasteiger partial charge in [0.25, 0.3) is 0 Å². The SMILES string of the molecule is C[C@@H]1CCOc2cccc([C@@H](C(=O)O)N(C)[C@H]3C[C@H](OCCCCc4ccc5c(n4)NCCC5)C(C)(C)C3)c21. The van der Waals surface area contributed by atoms with Gasteiger partial charge in [-0.3, -0.25) is 9.69 Å². The number of aryl methyl sites for hydroxylation is 2. The fourth-order valence-electron chi connectivity index (χ4n) is 6.81. The minimum absolute atomic E-state index is 0.0137. The number of pyridine rings is 1. The highest BCUT2D eigenvalue weighted by Crippen LogP contribution is 2.45. The maximum absolute atomic E-state index is 12.7. The molecule has 1 fully saturated rings. The second-order valence-corrected chi connectivity index (χ2v) is 12.4. The van der Waals surface area contributed by atoms with Gasteiger partial charge in [0.2, 0.25) is 0 Å². The zero-order chi connectivity index (χ0) is 27.6. The van der Waals surface area contributed by atoms with Crippen molar-refractivity contribution >= 4 is 11.8 Å². The van der Waals surface area contributed by atoms with Gasteiger partial charge in [-0.1, -0.05) is 39.0 Å². The number of ether oxygens (including phenoxy) is 2. The molecule has 1 aromatic carbocycles. The first-order valence-electron chi connectivity index (χ1n) is 14.8. The van der Waals surface area contributed by atoms with E-state index in [1.807, 2.05) is 25.2 Å². The van der Waals surface area contributed by atoms with E-state index in [9.17, 15) is 9.90 Å². The van der Waals surface area contributed by atoms with Gasteiger partial charge in [0.15, 0.2) is 0 Å². The van der Waals surface area contributed by atoms with Crippen LogP contribution < -0.4 is 10.1 Å². The Kier molecular flexibility index (Phi) is 8.48. The Morgan fingerprint density at radius 2 is 2.13 bits per heavy atom. The van der Waals surface area contributed by atoms with Gasteiger partial charge in [-0.2, -0.15) is 0 Å². The summed E-state index contributed by atoms with van der Waals surface area (Å²) in [6, 6.07) is 9.69. The highest BCUT2D eigenvalue weighted by molar-refractivity contribution is 5.77. The summed E-state index contributed by atoms with van der Waals surface area (Å²) in [5, 5.41) is 13.8. The summed E-state index contributed by atoms with van der Waals surface area (Å²) in [5.74, 6) is 1.37. The average Bonchev–Trinajstić information content (AvgIpc) is 3.22. The molecule has 212 valence electrons. The molecule has 39 heavy (non-hydrogen) atoms. The number of aliphatic carboxylic acids is 1. The molecule has 0 amide bonds. The Morgan fingerprint density at radius 1 is 1.28 bits per heavy atom. The predicted molar refractivity (Wildman–Crippen MR) is 154 cm³/mol. The average molecular weight is 536 g/mol. The molecule has 0 spiro atoms. The van der Waals surface area contributed by atoms with Gasteiger partial charge in [-0.25, -0.2) is 4.98 Å². The molecule has 2 aromatic rings. The van der Waals surface area contributed by atoms with Crippen LogP contribution in [0.3, 0.4) is 0 Å². The lowest BCUT2D eigenvalue weighted by molar-refractivity contribution is -0.144. The van der Waals surface area contributed by atoms with Crippen LogP contribution >= 0.6 is 0 Å². The number of rotatable bonds is 10. The summed E-state index contributed by atoms with van der Waals surface area (Å²) in [6.07, 6.45) is 8.06. The van der Waals surface area contributed by atoms with E-state index >= 15 is 0 Å². The van der Waals surface area contributed by atoms with Crippen molar-refractivity contribution in [2.24, 2.45) is 5.41 Å². The summed E-state index contributed by atoms with van der Waals surface area (Å²) >= 11 is 0. The Morgan fingerprint density at radius 3 is 2.95 bits per heavy atom. The van der Waals surface area contributed by atoms with Crippen molar-refractivity contribution in [3.05, 3.63) is 52.7 Å². The smallest absolute Gasteiger partial charge is 0.325 e. The number of carboxylic acids is 1. The molecule has 0 bridgehead atoms. The molecule has 0 radical (unpaired) electrons. The van der Waals surface area contributed by atoms with Crippen LogP contribution in [0.15, 0.2) is 30.3 Å². The van der Waals surface area contributed by atoms with Gasteiger partial charge in [-0.15, -0.1) is 0 Å². The van der Waals surface area contributed by atoms with Crippen molar-refractivity contribution in [3.8, 4) is 5.75 Å². The lowest BCUT2D eigenvalue weighted by atomic mass is 9.86. The number of anilines is 1. The number of nitrogens with zero attached hydrogens (tertiary/aromatic N) is 2. The van der Waals surface area contributed by atoms with E-state index in [1.165, 1.54) is 12.0 Å². The van der Waals surface area contributed by atoms with E-state index in [0.717, 1.165) is 86.5 Å². The molecule has 1 saturated carbocycles. The first-order chi connectivity index (χ1) is 18.7. The number of carboxylic acid groups (broad SMARTS) is 1. The molecule has 3 heterocycles. The van der Waals surface area contributed by atoms with Crippen molar-refractivity contribution in [3.63, 3.8) is 0 Å². The van der Waals surface area contributed by atoms with Crippen LogP contribution in [-0.2, 0) is 22.4 Å². The Bertz CT molecular complexity index is 1170. The number of hydrogen-bond acceptors (Lipinski definition) is 6. The van der Waals surface area contributed by atoms with Crippen LogP contribution in [0, 0.1) is 5.41 Å². The third-order valence-corrected chi connectivity index (χ3v) is 9.13. The normalized spacial score (nSPS) is 24.4. The predicted octanol–water partition coefficient (Wildman–Crippen LogP) is 5.98. The number of hydrogen-bond donors (Lipinski definition) is 2. The Labute approximate surface area is 233 Å². The summed E-state index contributed by atoms with van der Waals surface area (Å²) in [7, 11) is 1.97. The van der Waals surface area contributed by atoms with Crippen LogP contribution in [0.2, 0.25) is 0 Å². The van der Waals surface area contributed by atoms with Crippen LogP contribution in [0.4, 0.5) is 5.82 Å². The van der Waals surface area contributed by atoms with Crippen LogP contribution in [0.5, 0.6) is 5.75 Å². The summed E-state index contributed by atoms with van der Waals surface area (Å²) in [6.45, 7) is 9.10. The first kappa shape index (κ1) is 27.9. The molecule has 3 aliphatic rings. The number of likely N-dealkylation sites (N-methyl/N-ethyl adjacent to an activating group) is 1. The fraction of sp³-hybridized carbons (Fsp3) is 0.625. The second kappa shape index (κ2) is 11.8. The van der Waals surface area contributed by atoms with Gasteiger partial charge in [0.1, 0.15) is 17.6 Å². The van der Waals surface area contributed by atoms with E-state index in [4.69, 9.17) is 14.5 Å². The number of benzene rings is 1. The van der Waals surface area contributed by atoms with Gasteiger partial charge in [0.05, 0.1) is 12.7 Å². The second-order valence-electron chi connectivity index (χ2n) is 12.4. The van der Waals surface area contributed by atoms with E-state index in [0.29, 0.717) is 6.61 Å². The van der Waals surface area contributed by atoms with E-state index in [-0.39, 0.29) is 23.5 Å². The molecule has 1 aliphatic carbocycles. The van der Waals surface area contributed by atoms with Crippen molar-refractivity contribution in [1.82, 2.24) is 9.88 Å². The molecular weight excluding hydrogens is 490 g/mol. The molecule has 2 aliphatic heterocycles. The minimum atomic E-state index is -0.808. The lowest BCUT2D eigenvalue weighted by Crippen LogP contribution is -2.39. The fourth-order valence-corrected chi connectivity index (χ4v) is 6.81. The number of fused-ring (bicyclic) bond motifs is 2. The zero-order valence-corrected chi connectivity index (χ0v) is 24.0. The standard InChI is InChI=1S/C32H45N3O4/c1-21-15-18-38-26-12-7-11-25(28(21)26)29(31(36)37)35(4)24-19-27(32(2,3)20-24)39-17-6-5-10-23-14-13-22-9-8-16-33-30(22)34-23/h7,11-14,21,24,27,29H,5-6,8-10,15-20H2,1-4H3,(H,33,34)(H,36,37)/t21-,24+,27+,29+/m1/s1. The molecule has 0 unspecified atom stereocenters.